The molecule has 0 spiro atoms. The van der Waals surface area contributed by atoms with Crippen molar-refractivity contribution in [1.82, 2.24) is 4.90 Å². The van der Waals surface area contributed by atoms with Crippen LogP contribution in [0.25, 0.3) is 0 Å². The molecule has 3 aromatic carbocycles. The lowest BCUT2D eigenvalue weighted by atomic mass is 9.97. The molecular formula is C26H26ClN3O2. The van der Waals surface area contributed by atoms with Gasteiger partial charge >= 0.3 is 0 Å². The van der Waals surface area contributed by atoms with E-state index in [2.05, 4.69) is 17.0 Å². The first-order chi connectivity index (χ1) is 15.5. The number of primary amides is 1. The maximum Gasteiger partial charge on any atom is 0.248 e. The van der Waals surface area contributed by atoms with E-state index in [4.69, 9.17) is 17.3 Å². The molecule has 1 aliphatic heterocycles. The molecule has 3 aromatic rings. The molecule has 32 heavy (non-hydrogen) atoms. The van der Waals surface area contributed by atoms with Crippen LogP contribution < -0.4 is 10.6 Å². The number of halogens is 1. The van der Waals surface area contributed by atoms with Crippen molar-refractivity contribution in [3.63, 3.8) is 0 Å². The minimum atomic E-state index is -0.511. The minimum absolute atomic E-state index is 0.0613. The molecule has 2 N–H and O–H groups in total. The highest BCUT2D eigenvalue weighted by Gasteiger charge is 2.33. The van der Waals surface area contributed by atoms with Gasteiger partial charge < -0.3 is 15.5 Å². The Morgan fingerprint density at radius 1 is 0.969 bits per heavy atom. The summed E-state index contributed by atoms with van der Waals surface area (Å²) in [5, 5.41) is 0.472. The second kappa shape index (κ2) is 9.45. The van der Waals surface area contributed by atoms with Crippen molar-refractivity contribution in [3.8, 4) is 0 Å². The number of benzene rings is 3. The maximum atomic E-state index is 13.3. The number of nitrogens with zero attached hydrogens (tertiary/aromatic N) is 2. The van der Waals surface area contributed by atoms with E-state index in [0.717, 1.165) is 16.8 Å². The molecule has 0 aliphatic carbocycles. The third-order valence-electron chi connectivity index (χ3n) is 6.09. The monoisotopic (exact) mass is 447 g/mol. The van der Waals surface area contributed by atoms with E-state index in [1.165, 1.54) is 0 Å². The lowest BCUT2D eigenvalue weighted by molar-refractivity contribution is -0.133. The number of rotatable bonds is 5. The van der Waals surface area contributed by atoms with Crippen molar-refractivity contribution in [3.05, 3.63) is 101 Å². The second-order valence-electron chi connectivity index (χ2n) is 8.07. The third-order valence-corrected chi connectivity index (χ3v) is 6.39. The minimum Gasteiger partial charge on any atom is -0.366 e. The van der Waals surface area contributed by atoms with Crippen molar-refractivity contribution < 1.29 is 9.59 Å². The predicted octanol–water partition coefficient (Wildman–Crippen LogP) is 4.63. The van der Waals surface area contributed by atoms with Crippen LogP contribution in [0.5, 0.6) is 0 Å². The van der Waals surface area contributed by atoms with Crippen molar-refractivity contribution >= 4 is 29.1 Å². The van der Waals surface area contributed by atoms with Gasteiger partial charge in [0.2, 0.25) is 11.8 Å². The quantitative estimate of drug-likeness (QED) is 0.620. The van der Waals surface area contributed by atoms with Crippen LogP contribution in [0.15, 0.2) is 78.9 Å². The Bertz CT molecular complexity index is 1100. The summed E-state index contributed by atoms with van der Waals surface area (Å²) in [6.07, 6.45) is 0. The Balaban J connectivity index is 1.63. The van der Waals surface area contributed by atoms with Crippen molar-refractivity contribution in [2.45, 2.75) is 18.9 Å². The Kier molecular flexibility index (Phi) is 6.47. The summed E-state index contributed by atoms with van der Waals surface area (Å²) in [7, 11) is 0. The number of anilines is 1. The molecule has 1 fully saturated rings. The predicted molar refractivity (Wildman–Crippen MR) is 128 cm³/mol. The zero-order valence-electron chi connectivity index (χ0n) is 17.9. The van der Waals surface area contributed by atoms with Crippen molar-refractivity contribution in [2.75, 3.05) is 24.5 Å². The molecule has 164 valence electrons. The fraction of sp³-hybridized carbons (Fsp3) is 0.231. The first kappa shape index (κ1) is 21.9. The third kappa shape index (κ3) is 4.48. The van der Waals surface area contributed by atoms with Gasteiger partial charge in [-0.1, -0.05) is 72.3 Å². The Labute approximate surface area is 193 Å². The molecule has 2 atom stereocenters. The maximum absolute atomic E-state index is 13.3. The van der Waals surface area contributed by atoms with Gasteiger partial charge in [-0.2, -0.15) is 0 Å². The van der Waals surface area contributed by atoms with Crippen LogP contribution in [0.1, 0.15) is 40.4 Å². The zero-order chi connectivity index (χ0) is 22.7. The highest BCUT2D eigenvalue weighted by atomic mass is 35.5. The van der Waals surface area contributed by atoms with E-state index < -0.39 is 5.91 Å². The first-order valence-electron chi connectivity index (χ1n) is 10.7. The summed E-state index contributed by atoms with van der Waals surface area (Å²) in [5.41, 5.74) is 8.72. The van der Waals surface area contributed by atoms with Gasteiger partial charge in [-0.05, 0) is 36.2 Å². The SMILES string of the molecule is CC(C(=O)N1CCN(c2ccc(C(N)=O)cc2Cl)[C@H](c2ccccc2)C1)c1ccccc1. The molecule has 5 nitrogen and oxygen atoms in total. The smallest absolute Gasteiger partial charge is 0.248 e. The number of nitrogens with two attached hydrogens (primary N) is 1. The van der Waals surface area contributed by atoms with Crippen LogP contribution in [0.4, 0.5) is 5.69 Å². The molecule has 0 saturated carbocycles. The van der Waals surface area contributed by atoms with E-state index in [-0.39, 0.29) is 17.9 Å². The number of carbonyl (C=O) groups excluding carboxylic acids is 2. The van der Waals surface area contributed by atoms with Crippen molar-refractivity contribution in [2.24, 2.45) is 5.73 Å². The molecule has 1 unspecified atom stereocenters. The Hall–Kier alpha value is -3.31. The van der Waals surface area contributed by atoms with Gasteiger partial charge in [0.15, 0.2) is 0 Å². The van der Waals surface area contributed by atoms with Crippen LogP contribution in [-0.4, -0.2) is 36.3 Å². The molecule has 0 aromatic heterocycles. The summed E-state index contributed by atoms with van der Waals surface area (Å²) < 4.78 is 0. The number of carbonyl (C=O) groups is 2. The summed E-state index contributed by atoms with van der Waals surface area (Å²) in [5.74, 6) is -0.604. The fourth-order valence-corrected chi connectivity index (χ4v) is 4.57. The summed E-state index contributed by atoms with van der Waals surface area (Å²) in [6, 6.07) is 25.1. The summed E-state index contributed by atoms with van der Waals surface area (Å²) >= 11 is 6.56. The van der Waals surface area contributed by atoms with Gasteiger partial charge in [0.1, 0.15) is 0 Å². The van der Waals surface area contributed by atoms with Gasteiger partial charge in [-0.3, -0.25) is 9.59 Å². The zero-order valence-corrected chi connectivity index (χ0v) is 18.7. The van der Waals surface area contributed by atoms with E-state index in [1.54, 1.807) is 12.1 Å². The standard InChI is InChI=1S/C26H26ClN3O2/c1-18(19-8-4-2-5-9-19)26(32)29-14-15-30(24(17-29)20-10-6-3-7-11-20)23-13-12-21(25(28)31)16-22(23)27/h2-13,16,18,24H,14-15,17H2,1H3,(H2,28,31)/t18?,24-/m0/s1. The van der Waals surface area contributed by atoms with Crippen LogP contribution in [0.2, 0.25) is 5.02 Å². The number of hydrogen-bond donors (Lipinski definition) is 1. The van der Waals surface area contributed by atoms with Crippen LogP contribution >= 0.6 is 11.6 Å². The largest absolute Gasteiger partial charge is 0.366 e. The molecule has 0 bridgehead atoms. The first-order valence-corrected chi connectivity index (χ1v) is 11.1. The second-order valence-corrected chi connectivity index (χ2v) is 8.47. The van der Waals surface area contributed by atoms with Crippen LogP contribution in [-0.2, 0) is 4.79 Å². The molecule has 1 aliphatic rings. The summed E-state index contributed by atoms with van der Waals surface area (Å²) in [4.78, 5) is 29.0. The number of piperazine rings is 1. The molecule has 1 heterocycles. The highest BCUT2D eigenvalue weighted by Crippen LogP contribution is 2.36. The fourth-order valence-electron chi connectivity index (χ4n) is 4.28. The van der Waals surface area contributed by atoms with Crippen LogP contribution in [0, 0.1) is 0 Å². The number of amides is 2. The molecular weight excluding hydrogens is 422 g/mol. The molecule has 1 saturated heterocycles. The van der Waals surface area contributed by atoms with E-state index >= 15 is 0 Å². The Morgan fingerprint density at radius 2 is 1.62 bits per heavy atom. The molecule has 6 heteroatoms. The van der Waals surface area contributed by atoms with E-state index in [9.17, 15) is 9.59 Å². The lowest BCUT2D eigenvalue weighted by Gasteiger charge is -2.44. The van der Waals surface area contributed by atoms with Gasteiger partial charge in [0.05, 0.1) is 22.7 Å². The molecule has 2 amide bonds. The van der Waals surface area contributed by atoms with Crippen LogP contribution in [0.3, 0.4) is 0 Å². The van der Waals surface area contributed by atoms with Gasteiger partial charge in [0, 0.05) is 25.2 Å². The lowest BCUT2D eigenvalue weighted by Crippen LogP contribution is -2.51. The summed E-state index contributed by atoms with van der Waals surface area (Å²) in [6.45, 7) is 3.73. The molecule has 4 rings (SSSR count). The topological polar surface area (TPSA) is 66.6 Å². The van der Waals surface area contributed by atoms with E-state index in [0.29, 0.717) is 30.2 Å². The van der Waals surface area contributed by atoms with Gasteiger partial charge in [-0.15, -0.1) is 0 Å². The average Bonchev–Trinajstić information content (AvgIpc) is 2.84. The van der Waals surface area contributed by atoms with Gasteiger partial charge in [-0.25, -0.2) is 0 Å². The average molecular weight is 448 g/mol. The number of hydrogen-bond acceptors (Lipinski definition) is 3. The normalized spacial score (nSPS) is 17.1. The van der Waals surface area contributed by atoms with E-state index in [1.807, 2.05) is 66.4 Å². The van der Waals surface area contributed by atoms with Crippen molar-refractivity contribution in [1.29, 1.82) is 0 Å². The Morgan fingerprint density at radius 3 is 2.25 bits per heavy atom. The van der Waals surface area contributed by atoms with Gasteiger partial charge in [0.25, 0.3) is 0 Å². The highest BCUT2D eigenvalue weighted by molar-refractivity contribution is 6.33. The molecule has 0 radical (unpaired) electrons.